The monoisotopic (exact) mass is 1610 g/mol. The first-order valence-electron chi connectivity index (χ1n) is 37.5. The molecule has 4 aliphatic carbocycles. The van der Waals surface area contributed by atoms with E-state index in [0.29, 0.717) is 30.6 Å². The van der Waals surface area contributed by atoms with Crippen molar-refractivity contribution in [2.45, 2.75) is 163 Å². The number of benzene rings is 6. The van der Waals surface area contributed by atoms with Gasteiger partial charge in [-0.1, -0.05) is 62.2 Å². The van der Waals surface area contributed by atoms with Crippen LogP contribution in [0.1, 0.15) is 130 Å². The zero-order valence-corrected chi connectivity index (χ0v) is 63.6. The standard InChI is InChI=1S/C79H89Cl2N11O22/c1-5-16-110-43-11-9-41(10-12-43)84-79(109)86-57(96)30-49-72(103)88-61-40-26-54(111-52-14-7-36(24-46(52)80)65(97)63(76(107)85-49)91-71(102)48(83-4)17-32(2)3)70(114-78-69(101)68(100)67(99)56(31-82)113-78)55(27-40)112-53-15-8-37(25-47(53)81)66(98)64-77(108)90-62(75(106)87-59-38-19-33-18-34(21-38)22-39(59)20-33)45-28-42(93)29-51(95)58(45)44-23-35(6-13-50(44)94)60(73(104)92-64)89-74(61)105/h6-15,23-29,32-34,38-39,48-49,56,59-69,78,83,93-95,97-101H,5,16-22,30-31,82H2,1-4H3,(H,85,107)(H,87,106)(H,88,103)(H,89,105)(H,90,108)(H,91,102)(H,92,104)(H2,84,86,96,109)/t33?,34?,38?,39?,48-,49?,56-,59?,60-,61?,62-,63?,64+,65-,66-,67-,68+,69-,78-/m1/s1. The summed E-state index contributed by atoms with van der Waals surface area (Å²) in [7, 11) is 1.48. The molecule has 6 aliphatic heterocycles. The maximum Gasteiger partial charge on any atom is 0.325 e. The van der Waals surface area contributed by atoms with Crippen LogP contribution in [0.2, 0.25) is 10.0 Å². The van der Waals surface area contributed by atoms with Gasteiger partial charge < -0.3 is 118 Å². The molecule has 33 nitrogen and oxygen atoms in total. The van der Waals surface area contributed by atoms with Crippen molar-refractivity contribution in [1.82, 2.24) is 47.9 Å². The molecule has 3 unspecified atom stereocenters. The number of phenolic OH excluding ortho intramolecular Hbond substituents is 3. The van der Waals surface area contributed by atoms with Crippen LogP contribution in [0.25, 0.3) is 11.1 Å². The van der Waals surface area contributed by atoms with E-state index in [2.05, 4.69) is 53.2 Å². The Morgan fingerprint density at radius 2 is 1.25 bits per heavy atom. The third-order valence-corrected chi connectivity index (χ3v) is 22.4. The highest BCUT2D eigenvalue weighted by Gasteiger charge is 2.51. The molecule has 1 saturated heterocycles. The number of aliphatic hydroxyl groups excluding tert-OH is 5. The van der Waals surface area contributed by atoms with Crippen LogP contribution in [0.4, 0.5) is 10.5 Å². The summed E-state index contributed by atoms with van der Waals surface area (Å²) in [6, 6.07) is 5.00. The number of aromatic hydroxyl groups is 3. The molecule has 6 aromatic rings. The molecule has 5 fully saturated rings. The van der Waals surface area contributed by atoms with Gasteiger partial charge in [-0.2, -0.15) is 0 Å². The van der Waals surface area contributed by atoms with Crippen LogP contribution in [0.3, 0.4) is 0 Å². The molecule has 0 radical (unpaired) electrons. The van der Waals surface area contributed by atoms with Crippen LogP contribution in [0.15, 0.2) is 103 Å². The number of rotatable bonds is 16. The van der Waals surface area contributed by atoms with Crippen LogP contribution in [0.5, 0.6) is 51.7 Å². The number of amides is 10. The number of carbonyl (C=O) groups is 9. The number of hydrogen-bond acceptors (Lipinski definition) is 24. The normalized spacial score (nSPS) is 28.0. The van der Waals surface area contributed by atoms with Gasteiger partial charge in [0.25, 0.3) is 0 Å². The number of urea groups is 1. The first-order chi connectivity index (χ1) is 54.4. The summed E-state index contributed by atoms with van der Waals surface area (Å²) >= 11 is 14.3. The number of likely N-dealkylation sites (N-methyl/N-ethyl adjacent to an activating group) is 1. The Hall–Kier alpha value is -10.6. The lowest BCUT2D eigenvalue weighted by molar-refractivity contribution is -0.270. The number of nitrogens with two attached hydrogens (primary N) is 1. The van der Waals surface area contributed by atoms with E-state index < -0.39 is 192 Å². The fraction of sp³-hybridized carbons (Fsp3) is 0.430. The van der Waals surface area contributed by atoms with E-state index in [1.807, 2.05) is 20.8 Å². The van der Waals surface area contributed by atoms with E-state index in [1.54, 1.807) is 12.1 Å². The minimum absolute atomic E-state index is 0.0707. The second kappa shape index (κ2) is 34.2. The topological polar surface area (TPSA) is 508 Å². The molecule has 14 atom stereocenters. The summed E-state index contributed by atoms with van der Waals surface area (Å²) in [5.41, 5.74) is 4.01. The second-order valence-electron chi connectivity index (χ2n) is 30.3. The van der Waals surface area contributed by atoms with E-state index in [0.717, 1.165) is 86.7 Å². The smallest absolute Gasteiger partial charge is 0.325 e. The molecule has 4 saturated carbocycles. The SMILES string of the molecule is CCCOc1ccc(NC(=O)NC(=O)CC2NC(=O)C(NC(=O)[C@@H](CC(C)C)NC)[C@H](O)c3ccc(c(Cl)c3)Oc3cc4cc(c3O[C@H]3O[C@H](CN)[C@@H](O)[C@H](O)[C@H]3O)Oc3ccc(cc3Cl)[C@@H](O)[C@@H]3NC(=O)[C@H](NC(=O)C4NC2=O)c2ccc(O)c(c2)-c2c(O)cc(O)cc2[C@H](C(=O)NC2C4CC5CC(C4)CC2C5)NC3=O)cc1. The molecule has 606 valence electrons. The predicted molar refractivity (Wildman–Crippen MR) is 406 cm³/mol. The number of imide groups is 1. The number of halogens is 2. The Morgan fingerprint density at radius 3 is 1.86 bits per heavy atom. The van der Waals surface area contributed by atoms with Crippen LogP contribution >= 0.6 is 23.2 Å². The molecule has 0 aromatic heterocycles. The Morgan fingerprint density at radius 1 is 0.632 bits per heavy atom. The van der Waals surface area contributed by atoms with E-state index in [9.17, 15) is 55.2 Å². The molecule has 0 spiro atoms. The lowest BCUT2D eigenvalue weighted by Crippen LogP contribution is -2.60. The van der Waals surface area contributed by atoms with Gasteiger partial charge in [-0.3, -0.25) is 43.7 Å². The van der Waals surface area contributed by atoms with Gasteiger partial charge in [-0.25, -0.2) is 4.79 Å². The summed E-state index contributed by atoms with van der Waals surface area (Å²) in [4.78, 5) is 137. The lowest BCUT2D eigenvalue weighted by Gasteiger charge is -2.54. The Balaban J connectivity index is 0.991. The van der Waals surface area contributed by atoms with Crippen molar-refractivity contribution in [2.24, 2.45) is 35.3 Å². The average Bonchev–Trinajstić information content (AvgIpc) is 0.755. The second-order valence-corrected chi connectivity index (χ2v) is 31.1. The van der Waals surface area contributed by atoms with Gasteiger partial charge in [0.2, 0.25) is 59.3 Å². The molecular formula is C79H89Cl2N11O22. The third-order valence-electron chi connectivity index (χ3n) is 21.8. The van der Waals surface area contributed by atoms with Gasteiger partial charge in [0, 0.05) is 35.5 Å². The van der Waals surface area contributed by atoms with Crippen LogP contribution < -0.4 is 77.8 Å². The Bertz CT molecular complexity index is 4700. The highest BCUT2D eigenvalue weighted by molar-refractivity contribution is 6.32. The number of carbonyl (C=O) groups excluding carboxylic acids is 9. The molecule has 10 aliphatic rings. The van der Waals surface area contributed by atoms with Crippen molar-refractivity contribution < 1.29 is 108 Å². The number of hydrogen-bond donors (Lipinski definition) is 19. The van der Waals surface area contributed by atoms with Crippen molar-refractivity contribution in [3.05, 3.63) is 141 Å². The number of fused-ring (bicyclic) bond motifs is 15. The number of nitrogens with one attached hydrogen (secondary N) is 10. The molecule has 6 aromatic carbocycles. The van der Waals surface area contributed by atoms with Gasteiger partial charge >= 0.3 is 6.03 Å². The summed E-state index contributed by atoms with van der Waals surface area (Å²) in [5.74, 6) is -12.9. The number of aliphatic hydroxyl groups is 5. The Labute approximate surface area is 662 Å². The molecule has 35 heteroatoms. The molecule has 10 amide bonds. The number of anilines is 1. The van der Waals surface area contributed by atoms with E-state index >= 15 is 28.8 Å². The minimum Gasteiger partial charge on any atom is -0.508 e. The maximum absolute atomic E-state index is 16.4. The van der Waals surface area contributed by atoms with Crippen LogP contribution in [-0.2, 0) is 43.1 Å². The van der Waals surface area contributed by atoms with E-state index in [4.69, 9.17) is 52.6 Å². The highest BCUT2D eigenvalue weighted by Crippen LogP contribution is 2.55. The maximum atomic E-state index is 16.4. The average molecular weight is 1620 g/mol. The zero-order chi connectivity index (χ0) is 81.4. The Kier molecular flexibility index (Phi) is 24.4. The quantitative estimate of drug-likeness (QED) is 0.0640. The fourth-order valence-electron chi connectivity index (χ4n) is 16.4. The molecule has 20 N–H and O–H groups in total. The van der Waals surface area contributed by atoms with Crippen LogP contribution in [0, 0.1) is 29.6 Å². The van der Waals surface area contributed by atoms with Crippen molar-refractivity contribution in [3.8, 4) is 62.9 Å². The third kappa shape index (κ3) is 17.4. The van der Waals surface area contributed by atoms with Crippen molar-refractivity contribution >= 4 is 82.2 Å². The first kappa shape index (κ1) is 81.4. The summed E-state index contributed by atoms with van der Waals surface area (Å²) in [5, 5.41) is 120. The lowest BCUT2D eigenvalue weighted by atomic mass is 9.54. The fourth-order valence-corrected chi connectivity index (χ4v) is 16.8. The van der Waals surface area contributed by atoms with Gasteiger partial charge in [-0.15, -0.1) is 0 Å². The first-order valence-corrected chi connectivity index (χ1v) is 38.3. The highest BCUT2D eigenvalue weighted by atomic mass is 35.5. The van der Waals surface area contributed by atoms with E-state index in [-0.39, 0.29) is 90.8 Å². The number of ether oxygens (including phenoxy) is 5. The molecule has 114 heavy (non-hydrogen) atoms. The molecule has 15 bridgehead atoms. The van der Waals surface area contributed by atoms with Crippen molar-refractivity contribution in [2.75, 3.05) is 25.5 Å². The summed E-state index contributed by atoms with van der Waals surface area (Å²) in [6.07, 6.45) is -9.50. The molecule has 6 heterocycles. The molecular weight excluding hydrogens is 1530 g/mol. The van der Waals surface area contributed by atoms with Gasteiger partial charge in [0.1, 0.15) is 107 Å². The van der Waals surface area contributed by atoms with E-state index in [1.165, 1.54) is 43.4 Å². The zero-order valence-electron chi connectivity index (χ0n) is 62.1. The van der Waals surface area contributed by atoms with Crippen LogP contribution in [-0.4, -0.2) is 175 Å². The van der Waals surface area contributed by atoms with Gasteiger partial charge in [0.15, 0.2) is 11.5 Å². The largest absolute Gasteiger partial charge is 0.508 e. The van der Waals surface area contributed by atoms with Gasteiger partial charge in [-0.05, 0) is 188 Å². The predicted octanol–water partition coefficient (Wildman–Crippen LogP) is 4.34. The van der Waals surface area contributed by atoms with Crippen molar-refractivity contribution in [3.63, 3.8) is 0 Å². The number of phenols is 3. The van der Waals surface area contributed by atoms with Gasteiger partial charge in [0.05, 0.1) is 29.1 Å². The van der Waals surface area contributed by atoms with Crippen molar-refractivity contribution in [1.29, 1.82) is 0 Å². The summed E-state index contributed by atoms with van der Waals surface area (Å²) < 4.78 is 31.3. The summed E-state index contributed by atoms with van der Waals surface area (Å²) in [6.45, 7) is 5.48. The molecule has 16 rings (SSSR count). The minimum atomic E-state index is -2.37.